The number of primary amides is 1. The van der Waals surface area contributed by atoms with Gasteiger partial charge in [-0.15, -0.1) is 0 Å². The van der Waals surface area contributed by atoms with Crippen LogP contribution < -0.4 is 11.1 Å². The molecule has 0 aromatic heterocycles. The van der Waals surface area contributed by atoms with Crippen LogP contribution in [0.1, 0.15) is 34.3 Å². The van der Waals surface area contributed by atoms with Crippen LogP contribution in [0.3, 0.4) is 0 Å². The number of piperidine rings is 1. The zero-order valence-electron chi connectivity index (χ0n) is 12.7. The summed E-state index contributed by atoms with van der Waals surface area (Å²) in [4.78, 5) is 59.8. The second-order valence-corrected chi connectivity index (χ2v) is 5.81. The van der Waals surface area contributed by atoms with Crippen molar-refractivity contribution in [3.63, 3.8) is 0 Å². The Labute approximate surface area is 137 Å². The zero-order chi connectivity index (χ0) is 17.4. The summed E-state index contributed by atoms with van der Waals surface area (Å²) in [6, 6.07) is 4.17. The van der Waals surface area contributed by atoms with E-state index in [0.717, 1.165) is 0 Å². The Balaban J connectivity index is 1.87. The highest BCUT2D eigenvalue weighted by Crippen LogP contribution is 2.30. The molecule has 1 saturated heterocycles. The van der Waals surface area contributed by atoms with E-state index in [1.54, 1.807) is 18.2 Å². The highest BCUT2D eigenvalue weighted by molar-refractivity contribution is 6.36. The SMILES string of the molecule is NC(=O)C(=O)Cc1cccc2c1CN(C1CCC(=O)NC1=O)C2=O. The fourth-order valence-electron chi connectivity index (χ4n) is 3.08. The van der Waals surface area contributed by atoms with Gasteiger partial charge in [0.2, 0.25) is 17.6 Å². The molecule has 0 bridgehead atoms. The first kappa shape index (κ1) is 15.9. The number of nitrogens with one attached hydrogen (secondary N) is 1. The lowest BCUT2D eigenvalue weighted by Crippen LogP contribution is -2.52. The lowest BCUT2D eigenvalue weighted by atomic mass is 9.99. The summed E-state index contributed by atoms with van der Waals surface area (Å²) < 4.78 is 0. The first-order chi connectivity index (χ1) is 11.4. The molecule has 8 nitrogen and oxygen atoms in total. The molecule has 2 aliphatic rings. The van der Waals surface area contributed by atoms with Crippen molar-refractivity contribution in [3.8, 4) is 0 Å². The molecule has 0 saturated carbocycles. The second kappa shape index (κ2) is 5.88. The number of nitrogens with two attached hydrogens (primary N) is 1. The van der Waals surface area contributed by atoms with E-state index in [1.165, 1.54) is 4.90 Å². The van der Waals surface area contributed by atoms with Gasteiger partial charge in [0.05, 0.1) is 0 Å². The van der Waals surface area contributed by atoms with Gasteiger partial charge in [0, 0.05) is 24.9 Å². The molecule has 4 amide bonds. The van der Waals surface area contributed by atoms with E-state index in [-0.39, 0.29) is 37.6 Å². The maximum absolute atomic E-state index is 12.6. The number of ketones is 1. The minimum Gasteiger partial charge on any atom is -0.363 e. The molecule has 1 fully saturated rings. The molecule has 0 radical (unpaired) electrons. The van der Waals surface area contributed by atoms with Crippen molar-refractivity contribution in [2.75, 3.05) is 0 Å². The Bertz CT molecular complexity index is 786. The summed E-state index contributed by atoms with van der Waals surface area (Å²) in [5, 5.41) is 2.23. The van der Waals surface area contributed by atoms with Crippen molar-refractivity contribution < 1.29 is 24.0 Å². The highest BCUT2D eigenvalue weighted by Gasteiger charge is 2.39. The minimum atomic E-state index is -1.03. The standard InChI is InChI=1S/C16H15N3O5/c17-14(22)12(20)6-8-2-1-3-9-10(8)7-19(16(9)24)11-4-5-13(21)18-15(11)23/h1-3,11H,4-7H2,(H2,17,22)(H,18,21,23). The van der Waals surface area contributed by atoms with E-state index in [4.69, 9.17) is 5.73 Å². The van der Waals surface area contributed by atoms with Crippen LogP contribution in [-0.4, -0.2) is 40.4 Å². The Hall–Kier alpha value is -3.03. The summed E-state index contributed by atoms with van der Waals surface area (Å²) in [6.45, 7) is 0.155. The quantitative estimate of drug-likeness (QED) is 0.543. The van der Waals surface area contributed by atoms with E-state index < -0.39 is 23.6 Å². The number of carbonyl (C=O) groups excluding carboxylic acids is 5. The number of rotatable bonds is 4. The molecule has 2 heterocycles. The van der Waals surface area contributed by atoms with Crippen LogP contribution in [0.25, 0.3) is 0 Å². The topological polar surface area (TPSA) is 127 Å². The molecule has 0 aliphatic carbocycles. The molecule has 24 heavy (non-hydrogen) atoms. The molecule has 3 rings (SSSR count). The van der Waals surface area contributed by atoms with Crippen LogP contribution in [0.15, 0.2) is 18.2 Å². The average molecular weight is 329 g/mol. The van der Waals surface area contributed by atoms with E-state index in [0.29, 0.717) is 16.7 Å². The Kier molecular flexibility index (Phi) is 3.88. The molecule has 1 atom stereocenters. The highest BCUT2D eigenvalue weighted by atomic mass is 16.2. The molecule has 1 aromatic rings. The van der Waals surface area contributed by atoms with Gasteiger partial charge in [0.25, 0.3) is 11.8 Å². The number of amides is 4. The van der Waals surface area contributed by atoms with Crippen molar-refractivity contribution in [3.05, 3.63) is 34.9 Å². The van der Waals surface area contributed by atoms with Crippen LogP contribution in [0.5, 0.6) is 0 Å². The van der Waals surface area contributed by atoms with Gasteiger partial charge in [-0.1, -0.05) is 12.1 Å². The third kappa shape index (κ3) is 2.66. The first-order valence-corrected chi connectivity index (χ1v) is 7.46. The fourth-order valence-corrected chi connectivity index (χ4v) is 3.08. The Morgan fingerprint density at radius 3 is 2.67 bits per heavy atom. The van der Waals surface area contributed by atoms with Gasteiger partial charge >= 0.3 is 0 Å². The monoisotopic (exact) mass is 329 g/mol. The molecule has 2 aliphatic heterocycles. The van der Waals surface area contributed by atoms with Crippen LogP contribution in [-0.2, 0) is 32.1 Å². The van der Waals surface area contributed by atoms with Crippen LogP contribution in [0.4, 0.5) is 0 Å². The Morgan fingerprint density at radius 1 is 1.25 bits per heavy atom. The molecule has 124 valence electrons. The van der Waals surface area contributed by atoms with Gasteiger partial charge in [-0.25, -0.2) is 0 Å². The van der Waals surface area contributed by atoms with E-state index in [1.807, 2.05) is 0 Å². The normalized spacial score (nSPS) is 19.9. The summed E-state index contributed by atoms with van der Waals surface area (Å²) in [7, 11) is 0. The molecule has 1 unspecified atom stereocenters. The minimum absolute atomic E-state index is 0.155. The maximum Gasteiger partial charge on any atom is 0.285 e. The maximum atomic E-state index is 12.6. The first-order valence-electron chi connectivity index (χ1n) is 7.46. The van der Waals surface area contributed by atoms with Crippen molar-refractivity contribution in [1.29, 1.82) is 0 Å². The number of hydrogen-bond donors (Lipinski definition) is 2. The number of benzene rings is 1. The number of imide groups is 1. The van der Waals surface area contributed by atoms with Crippen molar-refractivity contribution in [2.24, 2.45) is 5.73 Å². The van der Waals surface area contributed by atoms with Gasteiger partial charge < -0.3 is 10.6 Å². The van der Waals surface area contributed by atoms with Gasteiger partial charge in [-0.3, -0.25) is 29.3 Å². The third-order valence-electron chi connectivity index (χ3n) is 4.30. The lowest BCUT2D eigenvalue weighted by Gasteiger charge is -2.29. The van der Waals surface area contributed by atoms with Gasteiger partial charge in [0.15, 0.2) is 0 Å². The number of hydrogen-bond acceptors (Lipinski definition) is 5. The van der Waals surface area contributed by atoms with Crippen LogP contribution in [0.2, 0.25) is 0 Å². The average Bonchev–Trinajstić information content (AvgIpc) is 2.85. The second-order valence-electron chi connectivity index (χ2n) is 5.81. The van der Waals surface area contributed by atoms with Gasteiger partial charge in [0.1, 0.15) is 6.04 Å². The van der Waals surface area contributed by atoms with Crippen molar-refractivity contribution >= 4 is 29.4 Å². The Morgan fingerprint density at radius 2 is 2.00 bits per heavy atom. The van der Waals surface area contributed by atoms with Gasteiger partial charge in [-0.2, -0.15) is 0 Å². The molecule has 1 aromatic carbocycles. The summed E-state index contributed by atoms with van der Waals surface area (Å²) in [5.41, 5.74) is 6.53. The number of carbonyl (C=O) groups is 5. The lowest BCUT2D eigenvalue weighted by molar-refractivity contribution is -0.137. The fraction of sp³-hybridized carbons (Fsp3) is 0.312. The summed E-state index contributed by atoms with van der Waals surface area (Å²) in [5.74, 6) is -2.95. The third-order valence-corrected chi connectivity index (χ3v) is 4.30. The predicted octanol–water partition coefficient (Wildman–Crippen LogP) is -0.956. The zero-order valence-corrected chi connectivity index (χ0v) is 12.7. The number of Topliss-reactive ketones (excluding diaryl/α,β-unsaturated/α-hetero) is 1. The van der Waals surface area contributed by atoms with E-state index in [2.05, 4.69) is 5.32 Å². The summed E-state index contributed by atoms with van der Waals surface area (Å²) >= 11 is 0. The molecule has 3 N–H and O–H groups in total. The summed E-state index contributed by atoms with van der Waals surface area (Å²) in [6.07, 6.45) is 0.248. The molecular formula is C16H15N3O5. The number of nitrogens with zero attached hydrogens (tertiary/aromatic N) is 1. The largest absolute Gasteiger partial charge is 0.363 e. The number of fused-ring (bicyclic) bond motifs is 1. The molecule has 0 spiro atoms. The van der Waals surface area contributed by atoms with Crippen LogP contribution >= 0.6 is 0 Å². The van der Waals surface area contributed by atoms with Crippen molar-refractivity contribution in [2.45, 2.75) is 31.8 Å². The smallest absolute Gasteiger partial charge is 0.285 e. The van der Waals surface area contributed by atoms with Crippen molar-refractivity contribution in [1.82, 2.24) is 10.2 Å². The van der Waals surface area contributed by atoms with Crippen LogP contribution in [0, 0.1) is 0 Å². The molecule has 8 heteroatoms. The molecular weight excluding hydrogens is 314 g/mol. The van der Waals surface area contributed by atoms with Gasteiger partial charge in [-0.05, 0) is 23.6 Å². The van der Waals surface area contributed by atoms with E-state index >= 15 is 0 Å². The predicted molar refractivity (Wildman–Crippen MR) is 80.4 cm³/mol. The van der Waals surface area contributed by atoms with E-state index in [9.17, 15) is 24.0 Å².